The van der Waals surface area contributed by atoms with Crippen LogP contribution >= 0.6 is 0 Å². The third-order valence-corrected chi connectivity index (χ3v) is 4.14. The zero-order valence-corrected chi connectivity index (χ0v) is 14.2. The average Bonchev–Trinajstić information content (AvgIpc) is 2.66. The number of nitrogens with zero attached hydrogens (tertiary/aromatic N) is 2. The van der Waals surface area contributed by atoms with Crippen molar-refractivity contribution in [2.45, 2.75) is 18.4 Å². The van der Waals surface area contributed by atoms with E-state index in [0.717, 1.165) is 0 Å². The highest BCUT2D eigenvalue weighted by atomic mass is 16.6. The molecule has 0 aromatic carbocycles. The Kier molecular flexibility index (Phi) is 6.10. The van der Waals surface area contributed by atoms with Crippen LogP contribution in [0.15, 0.2) is 37.2 Å². The topological polar surface area (TPSA) is 101 Å². The summed E-state index contributed by atoms with van der Waals surface area (Å²) < 4.78 is 5.01. The Morgan fingerprint density at radius 2 is 2.12 bits per heavy atom. The molecule has 8 heteroatoms. The Labute approximate surface area is 146 Å². The number of likely N-dealkylation sites (N-methyl/N-ethyl adjacent to an activating group) is 1. The van der Waals surface area contributed by atoms with Crippen molar-refractivity contribution in [2.24, 2.45) is 0 Å². The van der Waals surface area contributed by atoms with Gasteiger partial charge < -0.3 is 20.3 Å². The molecule has 25 heavy (non-hydrogen) atoms. The largest absolute Gasteiger partial charge is 0.445 e. The van der Waals surface area contributed by atoms with Crippen molar-refractivity contribution in [3.8, 4) is 0 Å². The van der Waals surface area contributed by atoms with E-state index in [1.807, 2.05) is 0 Å². The molecule has 3 amide bonds. The lowest BCUT2D eigenvalue weighted by atomic mass is 9.86. The molecule has 1 fully saturated rings. The molecule has 0 aliphatic carbocycles. The van der Waals surface area contributed by atoms with Gasteiger partial charge in [-0.25, -0.2) is 4.79 Å². The number of pyridine rings is 1. The van der Waals surface area contributed by atoms with Gasteiger partial charge in [0.2, 0.25) is 5.91 Å². The highest BCUT2D eigenvalue weighted by Crippen LogP contribution is 2.24. The molecule has 1 aliphatic heterocycles. The van der Waals surface area contributed by atoms with Crippen molar-refractivity contribution in [3.63, 3.8) is 0 Å². The third kappa shape index (κ3) is 4.34. The second-order valence-corrected chi connectivity index (χ2v) is 5.71. The Bertz CT molecular complexity index is 639. The molecule has 8 nitrogen and oxygen atoms in total. The van der Waals surface area contributed by atoms with Crippen LogP contribution < -0.4 is 10.6 Å². The lowest BCUT2D eigenvalue weighted by molar-refractivity contribution is -0.128. The predicted molar refractivity (Wildman–Crippen MR) is 90.9 cm³/mol. The van der Waals surface area contributed by atoms with Crippen LogP contribution in [0.25, 0.3) is 0 Å². The van der Waals surface area contributed by atoms with E-state index in [1.54, 1.807) is 18.3 Å². The van der Waals surface area contributed by atoms with Gasteiger partial charge in [0, 0.05) is 32.5 Å². The maximum Gasteiger partial charge on any atom is 0.410 e. The summed E-state index contributed by atoms with van der Waals surface area (Å²) in [7, 11) is 1.52. The van der Waals surface area contributed by atoms with Crippen LogP contribution in [0.3, 0.4) is 0 Å². The van der Waals surface area contributed by atoms with Gasteiger partial charge in [0.15, 0.2) is 0 Å². The van der Waals surface area contributed by atoms with Crippen molar-refractivity contribution in [1.82, 2.24) is 20.5 Å². The van der Waals surface area contributed by atoms with Gasteiger partial charge in [-0.05, 0) is 25.0 Å². The first-order valence-electron chi connectivity index (χ1n) is 8.00. The standard InChI is InChI=1S/C17H22N4O4/c1-3-11-25-16(24)21-9-6-17(7-10-21,15(23)18-2)20-14(22)13-5-4-8-19-12-13/h3-5,8,12H,1,6-7,9-11H2,2H3,(H,18,23)(H,20,22). The molecule has 0 radical (unpaired) electrons. The maximum absolute atomic E-state index is 12.4. The maximum atomic E-state index is 12.4. The summed E-state index contributed by atoms with van der Waals surface area (Å²) in [5.41, 5.74) is -0.699. The average molecular weight is 346 g/mol. The Morgan fingerprint density at radius 3 is 2.68 bits per heavy atom. The fourth-order valence-electron chi connectivity index (χ4n) is 2.73. The molecule has 0 unspecified atom stereocenters. The van der Waals surface area contributed by atoms with Gasteiger partial charge >= 0.3 is 6.09 Å². The number of hydrogen-bond acceptors (Lipinski definition) is 5. The minimum absolute atomic E-state index is 0.133. The van der Waals surface area contributed by atoms with Crippen LogP contribution in [0.5, 0.6) is 0 Å². The molecule has 1 aliphatic rings. The second-order valence-electron chi connectivity index (χ2n) is 5.71. The zero-order valence-electron chi connectivity index (χ0n) is 14.2. The molecule has 0 atom stereocenters. The number of ether oxygens (including phenoxy) is 1. The number of amides is 3. The lowest BCUT2D eigenvalue weighted by Crippen LogP contribution is -2.63. The third-order valence-electron chi connectivity index (χ3n) is 4.14. The number of piperidine rings is 1. The van der Waals surface area contributed by atoms with Gasteiger partial charge in [-0.2, -0.15) is 0 Å². The number of likely N-dealkylation sites (tertiary alicyclic amines) is 1. The molecule has 2 rings (SSSR count). The molecule has 1 aromatic heterocycles. The van der Waals surface area contributed by atoms with E-state index in [0.29, 0.717) is 31.5 Å². The minimum atomic E-state index is -1.07. The molecule has 1 aromatic rings. The summed E-state index contributed by atoms with van der Waals surface area (Å²) >= 11 is 0. The summed E-state index contributed by atoms with van der Waals surface area (Å²) in [6, 6.07) is 3.28. The van der Waals surface area contributed by atoms with Gasteiger partial charge in [-0.3, -0.25) is 14.6 Å². The fraction of sp³-hybridized carbons (Fsp3) is 0.412. The number of carbonyl (C=O) groups excluding carboxylic acids is 3. The smallest absolute Gasteiger partial charge is 0.410 e. The van der Waals surface area contributed by atoms with Crippen molar-refractivity contribution >= 4 is 17.9 Å². The molecular formula is C17H22N4O4. The van der Waals surface area contributed by atoms with E-state index >= 15 is 0 Å². The number of hydrogen-bond donors (Lipinski definition) is 2. The normalized spacial score (nSPS) is 15.8. The second kappa shape index (κ2) is 8.27. The number of rotatable bonds is 5. The Hall–Kier alpha value is -2.90. The Morgan fingerprint density at radius 1 is 1.40 bits per heavy atom. The van der Waals surface area contributed by atoms with E-state index in [-0.39, 0.29) is 18.4 Å². The van der Waals surface area contributed by atoms with Crippen molar-refractivity contribution < 1.29 is 19.1 Å². The first-order valence-corrected chi connectivity index (χ1v) is 8.00. The van der Waals surface area contributed by atoms with Crippen LogP contribution in [-0.2, 0) is 9.53 Å². The zero-order chi connectivity index (χ0) is 18.3. The first kappa shape index (κ1) is 18.4. The molecular weight excluding hydrogens is 324 g/mol. The van der Waals surface area contributed by atoms with E-state index < -0.39 is 11.6 Å². The summed E-state index contributed by atoms with van der Waals surface area (Å²) in [6.07, 6.45) is 4.63. The molecule has 1 saturated heterocycles. The molecule has 2 heterocycles. The summed E-state index contributed by atoms with van der Waals surface area (Å²) in [5.74, 6) is -0.664. The van der Waals surface area contributed by atoms with Crippen molar-refractivity contribution in [1.29, 1.82) is 0 Å². The predicted octanol–water partition coefficient (Wildman–Crippen LogP) is 0.715. The van der Waals surface area contributed by atoms with Crippen LogP contribution in [0, 0.1) is 0 Å². The number of aromatic nitrogens is 1. The van der Waals surface area contributed by atoms with Gasteiger partial charge in [0.1, 0.15) is 12.1 Å². The van der Waals surface area contributed by atoms with Crippen LogP contribution in [-0.4, -0.2) is 60.1 Å². The van der Waals surface area contributed by atoms with Crippen LogP contribution in [0.4, 0.5) is 4.79 Å². The first-order chi connectivity index (χ1) is 12.0. The van der Waals surface area contributed by atoms with Crippen molar-refractivity contribution in [3.05, 3.63) is 42.7 Å². The van der Waals surface area contributed by atoms with Gasteiger partial charge in [0.05, 0.1) is 5.56 Å². The van der Waals surface area contributed by atoms with Gasteiger partial charge in [-0.15, -0.1) is 0 Å². The van der Waals surface area contributed by atoms with Gasteiger partial charge in [-0.1, -0.05) is 12.7 Å². The fourth-order valence-corrected chi connectivity index (χ4v) is 2.73. The number of carbonyl (C=O) groups is 3. The highest BCUT2D eigenvalue weighted by Gasteiger charge is 2.43. The quantitative estimate of drug-likeness (QED) is 0.765. The highest BCUT2D eigenvalue weighted by molar-refractivity contribution is 5.99. The molecule has 0 saturated carbocycles. The summed E-state index contributed by atoms with van der Waals surface area (Å²) in [4.78, 5) is 42.2. The lowest BCUT2D eigenvalue weighted by Gasteiger charge is -2.40. The monoisotopic (exact) mass is 346 g/mol. The summed E-state index contributed by atoms with van der Waals surface area (Å²) in [6.45, 7) is 4.23. The van der Waals surface area contributed by atoms with Crippen molar-refractivity contribution in [2.75, 3.05) is 26.7 Å². The molecule has 2 N–H and O–H groups in total. The van der Waals surface area contributed by atoms with Crippen LogP contribution in [0.2, 0.25) is 0 Å². The minimum Gasteiger partial charge on any atom is -0.445 e. The van der Waals surface area contributed by atoms with E-state index in [1.165, 1.54) is 24.2 Å². The van der Waals surface area contributed by atoms with Gasteiger partial charge in [0.25, 0.3) is 5.91 Å². The number of nitrogens with one attached hydrogen (secondary N) is 2. The summed E-state index contributed by atoms with van der Waals surface area (Å²) in [5, 5.41) is 5.41. The SMILES string of the molecule is C=CCOC(=O)N1CCC(NC(=O)c2cccnc2)(C(=O)NC)CC1. The van der Waals surface area contributed by atoms with E-state index in [9.17, 15) is 14.4 Å². The van der Waals surface area contributed by atoms with Crippen LogP contribution in [0.1, 0.15) is 23.2 Å². The Balaban J connectivity index is 2.08. The van der Waals surface area contributed by atoms with E-state index in [2.05, 4.69) is 22.2 Å². The molecule has 0 spiro atoms. The molecule has 134 valence electrons. The molecule has 0 bridgehead atoms. The van der Waals surface area contributed by atoms with E-state index in [4.69, 9.17) is 4.74 Å².